The van der Waals surface area contributed by atoms with Crippen molar-refractivity contribution in [3.05, 3.63) is 41.0 Å². The first kappa shape index (κ1) is 17.7. The molecule has 1 heterocycles. The topological polar surface area (TPSA) is 75.4 Å². The number of nitrogens with one attached hydrogen (secondary N) is 1. The van der Waals surface area contributed by atoms with Crippen LogP contribution in [0.4, 0.5) is 0 Å². The van der Waals surface area contributed by atoms with Gasteiger partial charge in [0.05, 0.1) is 6.04 Å². The van der Waals surface area contributed by atoms with Crippen LogP contribution in [0.15, 0.2) is 24.3 Å². The fourth-order valence-electron chi connectivity index (χ4n) is 3.80. The van der Waals surface area contributed by atoms with E-state index >= 15 is 0 Å². The minimum atomic E-state index is -0.443. The molecule has 3 rings (SSSR count). The molecule has 1 aromatic rings. The Hall–Kier alpha value is -2.14. The number of likely N-dealkylation sites (tertiary alicyclic amines) is 1. The van der Waals surface area contributed by atoms with E-state index in [0.29, 0.717) is 19.0 Å². The summed E-state index contributed by atoms with van der Waals surface area (Å²) < 4.78 is 0. The summed E-state index contributed by atoms with van der Waals surface area (Å²) in [6, 6.07) is 5.55. The van der Waals surface area contributed by atoms with Crippen molar-refractivity contribution in [1.29, 1.82) is 0 Å². The average Bonchev–Trinajstić information content (AvgIpc) is 3.09. The maximum atomic E-state index is 12.7. The Morgan fingerprint density at radius 3 is 2.64 bits per heavy atom. The number of allylic oxidation sites excluding steroid dienone is 1. The van der Waals surface area contributed by atoms with Crippen LogP contribution in [0.25, 0.3) is 6.08 Å². The number of carbonyl (C=O) groups excluding carboxylic acids is 2. The number of carbonyl (C=O) groups is 2. The zero-order valence-corrected chi connectivity index (χ0v) is 15.0. The molecule has 0 spiro atoms. The van der Waals surface area contributed by atoms with Crippen LogP contribution in [0.2, 0.25) is 0 Å². The lowest BCUT2D eigenvalue weighted by Crippen LogP contribution is -2.49. The number of nitrogens with zero attached hydrogens (tertiary/aromatic N) is 1. The second-order valence-corrected chi connectivity index (χ2v) is 7.20. The fourth-order valence-corrected chi connectivity index (χ4v) is 3.80. The van der Waals surface area contributed by atoms with Gasteiger partial charge in [0, 0.05) is 24.7 Å². The maximum Gasteiger partial charge on any atom is 0.252 e. The number of piperidine rings is 1. The summed E-state index contributed by atoms with van der Waals surface area (Å²) >= 11 is 0. The van der Waals surface area contributed by atoms with E-state index < -0.39 is 6.04 Å². The van der Waals surface area contributed by atoms with Crippen LogP contribution < -0.4 is 11.1 Å². The highest BCUT2D eigenvalue weighted by molar-refractivity contribution is 5.99. The third-order valence-corrected chi connectivity index (χ3v) is 5.37. The highest BCUT2D eigenvalue weighted by Crippen LogP contribution is 2.25. The van der Waals surface area contributed by atoms with Crippen LogP contribution in [-0.2, 0) is 11.2 Å². The molecule has 1 saturated heterocycles. The maximum absolute atomic E-state index is 12.7. The molecule has 1 aromatic carbocycles. The van der Waals surface area contributed by atoms with Crippen molar-refractivity contribution in [2.75, 3.05) is 13.1 Å². The summed E-state index contributed by atoms with van der Waals surface area (Å²) in [6.07, 6.45) is 6.82. The van der Waals surface area contributed by atoms with Gasteiger partial charge in [-0.3, -0.25) is 9.59 Å². The lowest BCUT2D eigenvalue weighted by atomic mass is 9.89. The zero-order chi connectivity index (χ0) is 18.0. The van der Waals surface area contributed by atoms with Gasteiger partial charge in [-0.15, -0.1) is 0 Å². The summed E-state index contributed by atoms with van der Waals surface area (Å²) in [4.78, 5) is 26.5. The number of nitrogens with two attached hydrogens (primary N) is 1. The Morgan fingerprint density at radius 2 is 1.96 bits per heavy atom. The van der Waals surface area contributed by atoms with Crippen molar-refractivity contribution in [2.45, 2.75) is 45.2 Å². The van der Waals surface area contributed by atoms with Crippen molar-refractivity contribution >= 4 is 17.9 Å². The van der Waals surface area contributed by atoms with Gasteiger partial charge in [-0.05, 0) is 56.2 Å². The number of fused-ring (bicyclic) bond motifs is 1. The van der Waals surface area contributed by atoms with Crippen LogP contribution in [0, 0.1) is 5.92 Å². The third kappa shape index (κ3) is 3.76. The molecular formula is C20H27N3O2. The molecule has 1 aliphatic heterocycles. The summed E-state index contributed by atoms with van der Waals surface area (Å²) in [6.45, 7) is 5.22. The molecular weight excluding hydrogens is 314 g/mol. The largest absolute Gasteiger partial charge is 0.349 e. The van der Waals surface area contributed by atoms with Gasteiger partial charge in [-0.25, -0.2) is 0 Å². The monoisotopic (exact) mass is 341 g/mol. The minimum absolute atomic E-state index is 0.00927. The number of hydrogen-bond donors (Lipinski definition) is 2. The lowest BCUT2D eigenvalue weighted by Gasteiger charge is -2.35. The predicted octanol–water partition coefficient (Wildman–Crippen LogP) is 1.96. The van der Waals surface area contributed by atoms with E-state index in [9.17, 15) is 9.59 Å². The molecule has 25 heavy (non-hydrogen) atoms. The predicted molar refractivity (Wildman–Crippen MR) is 99.1 cm³/mol. The summed E-state index contributed by atoms with van der Waals surface area (Å²) in [5, 5.41) is 3.16. The van der Waals surface area contributed by atoms with E-state index in [1.54, 1.807) is 6.92 Å². The first-order valence-electron chi connectivity index (χ1n) is 9.11. The Bertz CT molecular complexity index is 688. The Balaban J connectivity index is 1.58. The van der Waals surface area contributed by atoms with Crippen molar-refractivity contribution in [3.8, 4) is 0 Å². The van der Waals surface area contributed by atoms with Crippen LogP contribution in [0.3, 0.4) is 0 Å². The summed E-state index contributed by atoms with van der Waals surface area (Å²) in [5.41, 5.74) is 8.69. The van der Waals surface area contributed by atoms with Crippen molar-refractivity contribution in [3.63, 3.8) is 0 Å². The Morgan fingerprint density at radius 1 is 1.24 bits per heavy atom. The van der Waals surface area contributed by atoms with Gasteiger partial charge >= 0.3 is 0 Å². The van der Waals surface area contributed by atoms with Crippen LogP contribution in [0.1, 0.15) is 48.2 Å². The van der Waals surface area contributed by atoms with Crippen molar-refractivity contribution in [1.82, 2.24) is 10.2 Å². The molecule has 1 fully saturated rings. The highest BCUT2D eigenvalue weighted by Gasteiger charge is 2.28. The molecule has 5 nitrogen and oxygen atoms in total. The molecule has 5 heteroatoms. The number of amides is 2. The smallest absolute Gasteiger partial charge is 0.252 e. The second-order valence-electron chi connectivity index (χ2n) is 7.20. The normalized spacial score (nSPS) is 19.4. The van der Waals surface area contributed by atoms with Gasteiger partial charge in [0.2, 0.25) is 5.91 Å². The molecule has 2 amide bonds. The standard InChI is InChI=1S/C20H27N3O2/c1-13(21)20(25)23-11-9-15(10-12-23)14(2)22-19(24)18-8-4-6-16-5-3-7-17(16)18/h3-4,6-8,13-15H,5,9-12,21H2,1-2H3,(H,22,24)/t13-,14?/m0/s1. The number of benzene rings is 1. The average molecular weight is 341 g/mol. The van der Waals surface area contributed by atoms with Crippen molar-refractivity contribution < 1.29 is 9.59 Å². The zero-order valence-electron chi connectivity index (χ0n) is 15.0. The second kappa shape index (κ2) is 7.40. The first-order chi connectivity index (χ1) is 12.0. The number of rotatable bonds is 4. The van der Waals surface area contributed by atoms with Crippen LogP contribution in [-0.4, -0.2) is 41.9 Å². The molecule has 2 aliphatic rings. The molecule has 0 bridgehead atoms. The van der Waals surface area contributed by atoms with E-state index in [-0.39, 0.29) is 17.9 Å². The highest BCUT2D eigenvalue weighted by atomic mass is 16.2. The summed E-state index contributed by atoms with van der Waals surface area (Å²) in [5.74, 6) is 0.389. The van der Waals surface area contributed by atoms with Gasteiger partial charge in [-0.1, -0.05) is 24.3 Å². The first-order valence-corrected chi connectivity index (χ1v) is 9.11. The van der Waals surface area contributed by atoms with Gasteiger partial charge < -0.3 is 16.0 Å². The molecule has 134 valence electrons. The molecule has 3 N–H and O–H groups in total. The minimum Gasteiger partial charge on any atom is -0.349 e. The summed E-state index contributed by atoms with van der Waals surface area (Å²) in [7, 11) is 0. The van der Waals surface area contributed by atoms with Gasteiger partial charge in [0.15, 0.2) is 0 Å². The van der Waals surface area contributed by atoms with E-state index in [2.05, 4.69) is 24.4 Å². The molecule has 0 aromatic heterocycles. The third-order valence-electron chi connectivity index (χ3n) is 5.37. The van der Waals surface area contributed by atoms with Crippen molar-refractivity contribution in [2.24, 2.45) is 11.7 Å². The van der Waals surface area contributed by atoms with E-state index in [0.717, 1.165) is 30.4 Å². The van der Waals surface area contributed by atoms with Gasteiger partial charge in [0.25, 0.3) is 5.91 Å². The Labute approximate surface area is 149 Å². The van der Waals surface area contributed by atoms with E-state index in [1.165, 1.54) is 5.56 Å². The fraction of sp³-hybridized carbons (Fsp3) is 0.500. The molecule has 1 aliphatic carbocycles. The molecule has 1 unspecified atom stereocenters. The van der Waals surface area contributed by atoms with E-state index in [4.69, 9.17) is 5.73 Å². The lowest BCUT2D eigenvalue weighted by molar-refractivity contribution is -0.133. The Kier molecular flexibility index (Phi) is 5.23. The SMILES string of the molecule is CC(NC(=O)c1cccc2c1C=CC2)C1CCN(C(=O)[C@H](C)N)CC1. The molecule has 0 saturated carbocycles. The van der Waals surface area contributed by atoms with E-state index in [1.807, 2.05) is 23.1 Å². The van der Waals surface area contributed by atoms with Gasteiger partial charge in [-0.2, -0.15) is 0 Å². The quantitative estimate of drug-likeness (QED) is 0.879. The number of hydrogen-bond acceptors (Lipinski definition) is 3. The van der Waals surface area contributed by atoms with Crippen LogP contribution in [0.5, 0.6) is 0 Å². The molecule has 0 radical (unpaired) electrons. The van der Waals surface area contributed by atoms with Crippen LogP contribution >= 0.6 is 0 Å². The molecule has 2 atom stereocenters. The van der Waals surface area contributed by atoms with Gasteiger partial charge in [0.1, 0.15) is 0 Å².